The summed E-state index contributed by atoms with van der Waals surface area (Å²) in [7, 11) is 0. The molecule has 0 amide bonds. The predicted octanol–water partition coefficient (Wildman–Crippen LogP) is 6.59. The van der Waals surface area contributed by atoms with E-state index in [0.29, 0.717) is 18.2 Å². The van der Waals surface area contributed by atoms with E-state index >= 15 is 0 Å². The van der Waals surface area contributed by atoms with Gasteiger partial charge < -0.3 is 0 Å². The molecule has 0 aliphatic heterocycles. The first-order valence-corrected chi connectivity index (χ1v) is 10.1. The Kier molecular flexibility index (Phi) is 12.7. The van der Waals surface area contributed by atoms with Crippen LogP contribution in [0.15, 0.2) is 0 Å². The zero-order valence-corrected chi connectivity index (χ0v) is 14.4. The maximum Gasteiger partial charge on any atom is 0.305 e. The largest absolute Gasteiger partial charge is 0.305 e. The molecule has 0 spiro atoms. The number of hydrogen-bond acceptors (Lipinski definition) is 2. The summed E-state index contributed by atoms with van der Waals surface area (Å²) in [4.78, 5) is 0. The Hall–Kier alpha value is 0.560. The van der Waals surface area contributed by atoms with Crippen LogP contribution in [0.3, 0.4) is 0 Å². The van der Waals surface area contributed by atoms with Gasteiger partial charge in [-0.15, -0.1) is 0 Å². The van der Waals surface area contributed by atoms with Crippen molar-refractivity contribution in [3.63, 3.8) is 0 Å². The molecule has 0 heterocycles. The Morgan fingerprint density at radius 1 is 0.842 bits per heavy atom. The van der Waals surface area contributed by atoms with Gasteiger partial charge in [0, 0.05) is 0 Å². The fourth-order valence-electron chi connectivity index (χ4n) is 2.19. The van der Waals surface area contributed by atoms with Gasteiger partial charge in [-0.25, -0.2) is 0 Å². The van der Waals surface area contributed by atoms with Crippen molar-refractivity contribution in [1.29, 1.82) is 0 Å². The summed E-state index contributed by atoms with van der Waals surface area (Å²) in [5.74, 6) is 0. The van der Waals surface area contributed by atoms with Crippen LogP contribution in [0.5, 0.6) is 0 Å². The third-order valence-electron chi connectivity index (χ3n) is 3.50. The third kappa shape index (κ3) is 10.0. The molecule has 0 N–H and O–H groups in total. The summed E-state index contributed by atoms with van der Waals surface area (Å²) in [6.07, 6.45) is 15.1. The molecule has 0 aromatic rings. The van der Waals surface area contributed by atoms with E-state index in [9.17, 15) is 8.78 Å². The van der Waals surface area contributed by atoms with Gasteiger partial charge in [-0.2, -0.15) is 20.5 Å². The van der Waals surface area contributed by atoms with E-state index in [-0.39, 0.29) is 0 Å². The van der Waals surface area contributed by atoms with Crippen LogP contribution in [0.4, 0.5) is 8.78 Å². The van der Waals surface area contributed by atoms with Crippen LogP contribution in [-0.2, 0) is 0 Å². The van der Waals surface area contributed by atoms with E-state index in [1.807, 2.05) is 0 Å². The molecule has 116 valence electrons. The zero-order chi connectivity index (χ0) is 14.6. The van der Waals surface area contributed by atoms with Crippen molar-refractivity contribution in [1.82, 2.24) is 0 Å². The Labute approximate surface area is 126 Å². The first-order chi connectivity index (χ1) is 9.08. The molecule has 0 rings (SSSR count). The van der Waals surface area contributed by atoms with Gasteiger partial charge in [0.15, 0.2) is 0 Å². The fraction of sp³-hybridized carbons (Fsp3) is 1.00. The van der Waals surface area contributed by atoms with E-state index in [0.717, 1.165) is 12.8 Å². The van der Waals surface area contributed by atoms with E-state index in [1.54, 1.807) is 6.26 Å². The maximum atomic E-state index is 13.5. The normalized spacial score (nSPS) is 13.7. The molecule has 1 atom stereocenters. The van der Waals surface area contributed by atoms with E-state index in [4.69, 9.17) is 0 Å². The van der Waals surface area contributed by atoms with Crippen LogP contribution in [0.1, 0.15) is 71.1 Å². The average Bonchev–Trinajstić information content (AvgIpc) is 2.41. The lowest BCUT2D eigenvalue weighted by Crippen LogP contribution is -2.26. The molecular weight excluding hydrogens is 282 g/mol. The molecule has 0 aliphatic carbocycles. The Morgan fingerprint density at radius 2 is 1.32 bits per heavy atom. The summed E-state index contributed by atoms with van der Waals surface area (Å²) >= 11 is 1.99. The molecule has 1 unspecified atom stereocenters. The smallest absolute Gasteiger partial charge is 0.193 e. The Balaban J connectivity index is 3.47. The standard InChI is InChI=1S/C15H30F2S2/c1-4-5-6-7-8-9-10-11-12-13-14(18-2)15(16,17)19-3/h14H,4-13H2,1-3H3. The fourth-order valence-corrected chi connectivity index (χ4v) is 3.83. The van der Waals surface area contributed by atoms with Crippen LogP contribution in [0.2, 0.25) is 0 Å². The van der Waals surface area contributed by atoms with Crippen molar-refractivity contribution in [3.05, 3.63) is 0 Å². The molecule has 0 nitrogen and oxygen atoms in total. The van der Waals surface area contributed by atoms with Crippen LogP contribution in [-0.4, -0.2) is 23.0 Å². The van der Waals surface area contributed by atoms with E-state index in [2.05, 4.69) is 6.92 Å². The molecule has 0 aromatic heterocycles. The number of hydrogen-bond donors (Lipinski definition) is 0. The molecule has 0 saturated heterocycles. The molecule has 4 heteroatoms. The monoisotopic (exact) mass is 312 g/mol. The number of alkyl halides is 2. The molecule has 0 aliphatic rings. The first-order valence-electron chi connectivity index (χ1n) is 7.54. The summed E-state index contributed by atoms with van der Waals surface area (Å²) in [5, 5.41) is -3.09. The van der Waals surface area contributed by atoms with Gasteiger partial charge in [0.1, 0.15) is 0 Å². The van der Waals surface area contributed by atoms with Crippen molar-refractivity contribution in [2.45, 2.75) is 81.6 Å². The minimum atomic E-state index is -2.57. The van der Waals surface area contributed by atoms with Gasteiger partial charge in [-0.1, -0.05) is 76.5 Å². The van der Waals surface area contributed by atoms with Gasteiger partial charge in [-0.05, 0) is 18.9 Å². The van der Waals surface area contributed by atoms with Crippen LogP contribution in [0, 0.1) is 0 Å². The lowest BCUT2D eigenvalue weighted by Gasteiger charge is -2.23. The molecule has 0 radical (unpaired) electrons. The van der Waals surface area contributed by atoms with Gasteiger partial charge in [0.25, 0.3) is 0 Å². The first kappa shape index (κ1) is 19.6. The van der Waals surface area contributed by atoms with E-state index < -0.39 is 10.5 Å². The summed E-state index contributed by atoms with van der Waals surface area (Å²) < 4.78 is 27.0. The van der Waals surface area contributed by atoms with Crippen molar-refractivity contribution in [2.75, 3.05) is 12.5 Å². The van der Waals surface area contributed by atoms with Crippen LogP contribution < -0.4 is 0 Å². The lowest BCUT2D eigenvalue weighted by atomic mass is 10.1. The lowest BCUT2D eigenvalue weighted by molar-refractivity contribution is 0.0997. The van der Waals surface area contributed by atoms with Crippen LogP contribution >= 0.6 is 23.5 Å². The van der Waals surface area contributed by atoms with Crippen molar-refractivity contribution in [2.24, 2.45) is 0 Å². The number of thioether (sulfide) groups is 2. The molecular formula is C15H30F2S2. The predicted molar refractivity (Wildman–Crippen MR) is 87.6 cm³/mol. The van der Waals surface area contributed by atoms with Crippen LogP contribution in [0.25, 0.3) is 0 Å². The van der Waals surface area contributed by atoms with Gasteiger partial charge in [-0.3, -0.25) is 0 Å². The molecule has 19 heavy (non-hydrogen) atoms. The van der Waals surface area contributed by atoms with Crippen molar-refractivity contribution >= 4 is 23.5 Å². The summed E-state index contributed by atoms with van der Waals surface area (Å²) in [5.41, 5.74) is 0. The highest BCUT2D eigenvalue weighted by Crippen LogP contribution is 2.39. The van der Waals surface area contributed by atoms with Gasteiger partial charge in [0.2, 0.25) is 0 Å². The Bertz CT molecular complexity index is 199. The molecule has 0 bridgehead atoms. The Morgan fingerprint density at radius 3 is 1.74 bits per heavy atom. The zero-order valence-electron chi connectivity index (χ0n) is 12.7. The van der Waals surface area contributed by atoms with Crippen molar-refractivity contribution < 1.29 is 8.78 Å². The highest BCUT2D eigenvalue weighted by atomic mass is 32.2. The topological polar surface area (TPSA) is 0 Å². The minimum absolute atomic E-state index is 0.521. The van der Waals surface area contributed by atoms with Crippen molar-refractivity contribution in [3.8, 4) is 0 Å². The SMILES string of the molecule is CCCCCCCCCCCC(SC)C(F)(F)SC. The second kappa shape index (κ2) is 12.3. The molecule has 0 fully saturated rings. The highest BCUT2D eigenvalue weighted by molar-refractivity contribution is 8.03. The van der Waals surface area contributed by atoms with Gasteiger partial charge >= 0.3 is 5.25 Å². The number of unbranched alkanes of at least 4 members (excludes halogenated alkanes) is 8. The summed E-state index contributed by atoms with van der Waals surface area (Å²) in [6, 6.07) is 0. The second-order valence-electron chi connectivity index (χ2n) is 5.11. The summed E-state index contributed by atoms with van der Waals surface area (Å²) in [6.45, 7) is 2.23. The number of halogens is 2. The third-order valence-corrected chi connectivity index (χ3v) is 5.58. The van der Waals surface area contributed by atoms with E-state index in [1.165, 1.54) is 63.0 Å². The van der Waals surface area contributed by atoms with Gasteiger partial charge in [0.05, 0.1) is 5.25 Å². The highest BCUT2D eigenvalue weighted by Gasteiger charge is 2.37. The quantitative estimate of drug-likeness (QED) is 0.352. The number of rotatable bonds is 13. The minimum Gasteiger partial charge on any atom is -0.193 e. The maximum absolute atomic E-state index is 13.5. The molecule has 0 saturated carbocycles. The average molecular weight is 313 g/mol. The molecule has 0 aromatic carbocycles. The second-order valence-corrected chi connectivity index (χ2v) is 7.10.